The van der Waals surface area contributed by atoms with Gasteiger partial charge in [0.25, 0.3) is 0 Å². The zero-order valence-corrected chi connectivity index (χ0v) is 11.8. The topological polar surface area (TPSA) is 39.1 Å². The van der Waals surface area contributed by atoms with E-state index in [-0.39, 0.29) is 0 Å². The van der Waals surface area contributed by atoms with Crippen LogP contribution in [0.25, 0.3) is 0 Å². The average Bonchev–Trinajstić information content (AvgIpc) is 2.47. The van der Waals surface area contributed by atoms with Gasteiger partial charge in [-0.3, -0.25) is 0 Å². The van der Waals surface area contributed by atoms with E-state index in [0.717, 1.165) is 34.6 Å². The van der Waals surface area contributed by atoms with E-state index in [0.29, 0.717) is 5.56 Å². The van der Waals surface area contributed by atoms with Crippen molar-refractivity contribution in [1.29, 1.82) is 5.26 Å². The monoisotopic (exact) mass is 313 g/mol. The van der Waals surface area contributed by atoms with Crippen LogP contribution in [-0.4, -0.2) is 13.1 Å². The van der Waals surface area contributed by atoms with Crippen LogP contribution in [0.5, 0.6) is 0 Å². The van der Waals surface area contributed by atoms with Crippen molar-refractivity contribution in [3.8, 4) is 6.07 Å². The highest BCUT2D eigenvalue weighted by molar-refractivity contribution is 9.10. The summed E-state index contributed by atoms with van der Waals surface area (Å²) in [7, 11) is 0. The molecule has 0 bridgehead atoms. The van der Waals surface area contributed by atoms with Crippen molar-refractivity contribution in [3.63, 3.8) is 0 Å². The summed E-state index contributed by atoms with van der Waals surface area (Å²) in [6.45, 7) is 1.79. The molecule has 2 aromatic rings. The maximum absolute atomic E-state index is 8.96. The quantitative estimate of drug-likeness (QED) is 0.868. The van der Waals surface area contributed by atoms with Crippen LogP contribution in [0, 0.1) is 11.3 Å². The van der Waals surface area contributed by atoms with Gasteiger partial charge in [0.2, 0.25) is 0 Å². The number of rotatable bonds is 1. The summed E-state index contributed by atoms with van der Waals surface area (Å²) in [4.78, 5) is 2.26. The van der Waals surface area contributed by atoms with Gasteiger partial charge in [-0.1, -0.05) is 15.9 Å². The Hall–Kier alpha value is -1.99. The van der Waals surface area contributed by atoms with E-state index in [4.69, 9.17) is 5.26 Å². The van der Waals surface area contributed by atoms with Gasteiger partial charge < -0.3 is 10.2 Å². The van der Waals surface area contributed by atoms with Crippen LogP contribution < -0.4 is 10.2 Å². The molecule has 1 N–H and O–H groups in total. The van der Waals surface area contributed by atoms with Gasteiger partial charge in [-0.15, -0.1) is 0 Å². The largest absolute Gasteiger partial charge is 0.382 e. The highest BCUT2D eigenvalue weighted by Crippen LogP contribution is 2.35. The molecule has 4 heteroatoms. The predicted molar refractivity (Wildman–Crippen MR) is 80.8 cm³/mol. The molecule has 1 aliphatic heterocycles. The molecular weight excluding hydrogens is 302 g/mol. The molecule has 19 heavy (non-hydrogen) atoms. The molecule has 0 aliphatic carbocycles. The molecule has 94 valence electrons. The molecule has 3 rings (SSSR count). The van der Waals surface area contributed by atoms with Crippen LogP contribution in [0.2, 0.25) is 0 Å². The van der Waals surface area contributed by atoms with E-state index in [1.807, 2.05) is 30.3 Å². The van der Waals surface area contributed by atoms with E-state index in [9.17, 15) is 0 Å². The van der Waals surface area contributed by atoms with Gasteiger partial charge in [0.15, 0.2) is 0 Å². The van der Waals surface area contributed by atoms with Gasteiger partial charge in [0, 0.05) is 23.2 Å². The van der Waals surface area contributed by atoms with Crippen LogP contribution in [-0.2, 0) is 0 Å². The molecule has 0 saturated carbocycles. The molecule has 0 amide bonds. The highest BCUT2D eigenvalue weighted by atomic mass is 79.9. The number of nitrogens with one attached hydrogen (secondary N) is 1. The van der Waals surface area contributed by atoms with Crippen LogP contribution in [0.4, 0.5) is 17.1 Å². The van der Waals surface area contributed by atoms with E-state index in [1.54, 1.807) is 0 Å². The molecule has 0 spiro atoms. The summed E-state index contributed by atoms with van der Waals surface area (Å²) >= 11 is 3.45. The first-order valence-corrected chi connectivity index (χ1v) is 6.88. The van der Waals surface area contributed by atoms with Crippen LogP contribution >= 0.6 is 15.9 Å². The van der Waals surface area contributed by atoms with Crippen molar-refractivity contribution in [2.24, 2.45) is 0 Å². The van der Waals surface area contributed by atoms with Gasteiger partial charge in [-0.05, 0) is 42.5 Å². The highest BCUT2D eigenvalue weighted by Gasteiger charge is 2.18. The number of hydrogen-bond acceptors (Lipinski definition) is 3. The molecule has 3 nitrogen and oxygen atoms in total. The van der Waals surface area contributed by atoms with Crippen molar-refractivity contribution in [1.82, 2.24) is 0 Å². The number of anilines is 3. The summed E-state index contributed by atoms with van der Waals surface area (Å²) < 4.78 is 1.08. The second kappa shape index (κ2) is 4.94. The van der Waals surface area contributed by atoms with Crippen molar-refractivity contribution in [3.05, 3.63) is 52.5 Å². The summed E-state index contributed by atoms with van der Waals surface area (Å²) in [6.07, 6.45) is 0. The number of benzene rings is 2. The Morgan fingerprint density at radius 2 is 1.95 bits per heavy atom. The summed E-state index contributed by atoms with van der Waals surface area (Å²) in [5.74, 6) is 0. The van der Waals surface area contributed by atoms with Crippen LogP contribution in [0.1, 0.15) is 5.56 Å². The molecule has 2 aromatic carbocycles. The standard InChI is InChI=1S/C15H12BrN3/c16-12-2-4-13(5-3-12)19-8-7-18-14-9-11(10-17)1-6-15(14)19/h1-6,9,18H,7-8H2. The fourth-order valence-electron chi connectivity index (χ4n) is 2.29. The first kappa shape index (κ1) is 12.1. The molecule has 0 radical (unpaired) electrons. The molecular formula is C15H12BrN3. The van der Waals surface area contributed by atoms with Crippen molar-refractivity contribution < 1.29 is 0 Å². The lowest BCUT2D eigenvalue weighted by atomic mass is 10.1. The van der Waals surface area contributed by atoms with Crippen molar-refractivity contribution in [2.45, 2.75) is 0 Å². The molecule has 0 saturated heterocycles. The van der Waals surface area contributed by atoms with Gasteiger partial charge in [0.05, 0.1) is 23.0 Å². The third-order valence-electron chi connectivity index (χ3n) is 3.21. The third kappa shape index (κ3) is 2.29. The van der Waals surface area contributed by atoms with Crippen molar-refractivity contribution >= 4 is 33.0 Å². The number of hydrogen-bond donors (Lipinski definition) is 1. The average molecular weight is 314 g/mol. The zero-order chi connectivity index (χ0) is 13.2. The Balaban J connectivity index is 2.03. The minimum Gasteiger partial charge on any atom is -0.382 e. The van der Waals surface area contributed by atoms with E-state index in [1.165, 1.54) is 0 Å². The smallest absolute Gasteiger partial charge is 0.0992 e. The van der Waals surface area contributed by atoms with Gasteiger partial charge >= 0.3 is 0 Å². The molecule has 1 aliphatic rings. The Kier molecular flexibility index (Phi) is 3.14. The maximum Gasteiger partial charge on any atom is 0.0992 e. The number of halogens is 1. The van der Waals surface area contributed by atoms with E-state index >= 15 is 0 Å². The summed E-state index contributed by atoms with van der Waals surface area (Å²) in [5, 5.41) is 12.3. The van der Waals surface area contributed by atoms with E-state index in [2.05, 4.69) is 44.3 Å². The minimum absolute atomic E-state index is 0.684. The first-order chi connectivity index (χ1) is 9.28. The third-order valence-corrected chi connectivity index (χ3v) is 3.73. The SMILES string of the molecule is N#Cc1ccc2c(c1)NCCN2c1ccc(Br)cc1. The molecule has 0 aromatic heterocycles. The fourth-order valence-corrected chi connectivity index (χ4v) is 2.56. The summed E-state index contributed by atoms with van der Waals surface area (Å²) in [5.41, 5.74) is 3.99. The lowest BCUT2D eigenvalue weighted by molar-refractivity contribution is 0.926. The minimum atomic E-state index is 0.684. The second-order valence-corrected chi connectivity index (χ2v) is 5.31. The molecule has 0 unspecified atom stereocenters. The van der Waals surface area contributed by atoms with Crippen LogP contribution in [0.3, 0.4) is 0 Å². The Morgan fingerprint density at radius 1 is 1.16 bits per heavy atom. The Morgan fingerprint density at radius 3 is 2.68 bits per heavy atom. The Labute approximate surface area is 120 Å². The van der Waals surface area contributed by atoms with Gasteiger partial charge in [-0.25, -0.2) is 0 Å². The van der Waals surface area contributed by atoms with Crippen molar-refractivity contribution in [2.75, 3.05) is 23.3 Å². The lowest BCUT2D eigenvalue weighted by Gasteiger charge is -2.32. The molecule has 0 fully saturated rings. The summed E-state index contributed by atoms with van der Waals surface area (Å²) in [6, 6.07) is 16.2. The van der Waals surface area contributed by atoms with Gasteiger partial charge in [0.1, 0.15) is 0 Å². The molecule has 1 heterocycles. The van der Waals surface area contributed by atoms with Crippen LogP contribution in [0.15, 0.2) is 46.9 Å². The van der Waals surface area contributed by atoms with Gasteiger partial charge in [-0.2, -0.15) is 5.26 Å². The number of fused-ring (bicyclic) bond motifs is 1. The Bertz CT molecular complexity index is 643. The predicted octanol–water partition coefficient (Wildman–Crippen LogP) is 3.88. The van der Waals surface area contributed by atoms with E-state index < -0.39 is 0 Å². The normalized spacial score (nSPS) is 13.4. The molecule has 0 atom stereocenters. The lowest BCUT2D eigenvalue weighted by Crippen LogP contribution is -2.30. The maximum atomic E-state index is 8.96. The second-order valence-electron chi connectivity index (χ2n) is 4.40. The number of nitrogens with zero attached hydrogens (tertiary/aromatic N) is 2. The first-order valence-electron chi connectivity index (χ1n) is 6.09. The number of nitriles is 1. The zero-order valence-electron chi connectivity index (χ0n) is 10.2. The fraction of sp³-hybridized carbons (Fsp3) is 0.133.